The van der Waals surface area contributed by atoms with Crippen LogP contribution in [0.2, 0.25) is 10.0 Å². The normalized spacial score (nSPS) is 10.1. The van der Waals surface area contributed by atoms with E-state index in [9.17, 15) is 4.79 Å². The fourth-order valence-electron chi connectivity index (χ4n) is 1.16. The molecule has 2 nitrogen and oxygen atoms in total. The average molecular weight is 246 g/mol. The van der Waals surface area contributed by atoms with E-state index in [0.717, 1.165) is 0 Å². The molecule has 15 heavy (non-hydrogen) atoms. The van der Waals surface area contributed by atoms with Crippen molar-refractivity contribution in [1.82, 2.24) is 4.90 Å². The van der Waals surface area contributed by atoms with Crippen LogP contribution >= 0.6 is 23.2 Å². The third kappa shape index (κ3) is 3.11. The summed E-state index contributed by atoms with van der Waals surface area (Å²) in [6.07, 6.45) is 0.253. The lowest BCUT2D eigenvalue weighted by Crippen LogP contribution is -2.27. The molecule has 0 radical (unpaired) electrons. The number of hydrogen-bond acceptors (Lipinski definition) is 1. The molecule has 0 atom stereocenters. The summed E-state index contributed by atoms with van der Waals surface area (Å²) in [7, 11) is 1.76. The number of nitrogens with zero attached hydrogens (tertiary/aromatic N) is 1. The van der Waals surface area contributed by atoms with Gasteiger partial charge in [0.2, 0.25) is 5.91 Å². The summed E-state index contributed by atoms with van der Waals surface area (Å²) in [6, 6.07) is 5.24. The SMILES string of the molecule is CCN(C)C(=O)Cc1c(Cl)cccc1Cl. The van der Waals surface area contributed by atoms with E-state index in [2.05, 4.69) is 0 Å². The van der Waals surface area contributed by atoms with Gasteiger partial charge in [0.25, 0.3) is 0 Å². The van der Waals surface area contributed by atoms with Gasteiger partial charge in [0, 0.05) is 23.6 Å². The van der Waals surface area contributed by atoms with Crippen molar-refractivity contribution in [2.75, 3.05) is 13.6 Å². The van der Waals surface area contributed by atoms with E-state index in [1.54, 1.807) is 30.1 Å². The van der Waals surface area contributed by atoms with Crippen LogP contribution in [-0.4, -0.2) is 24.4 Å². The van der Waals surface area contributed by atoms with Crippen LogP contribution in [0.4, 0.5) is 0 Å². The molecule has 1 amide bonds. The number of halogens is 2. The van der Waals surface area contributed by atoms with Crippen LogP contribution in [0.1, 0.15) is 12.5 Å². The first-order valence-electron chi connectivity index (χ1n) is 4.73. The van der Waals surface area contributed by atoms with Crippen molar-refractivity contribution in [1.29, 1.82) is 0 Å². The first kappa shape index (κ1) is 12.3. The average Bonchev–Trinajstić information content (AvgIpc) is 2.22. The van der Waals surface area contributed by atoms with E-state index in [0.29, 0.717) is 22.2 Å². The Bertz CT molecular complexity index is 345. The maximum absolute atomic E-state index is 11.7. The molecule has 82 valence electrons. The van der Waals surface area contributed by atoms with Crippen LogP contribution in [0.15, 0.2) is 18.2 Å². The predicted octanol–water partition coefficient (Wildman–Crippen LogP) is 3.01. The van der Waals surface area contributed by atoms with E-state index >= 15 is 0 Å². The van der Waals surface area contributed by atoms with Crippen LogP contribution in [0.3, 0.4) is 0 Å². The molecule has 0 bridgehead atoms. The molecule has 1 aromatic carbocycles. The molecule has 0 spiro atoms. The Morgan fingerprint density at radius 3 is 2.33 bits per heavy atom. The second kappa shape index (κ2) is 5.38. The third-order valence-electron chi connectivity index (χ3n) is 2.29. The molecule has 4 heteroatoms. The van der Waals surface area contributed by atoms with Gasteiger partial charge >= 0.3 is 0 Å². The molecule has 0 aliphatic carbocycles. The lowest BCUT2D eigenvalue weighted by atomic mass is 10.1. The molecule has 0 aliphatic heterocycles. The fraction of sp³-hybridized carbons (Fsp3) is 0.364. The predicted molar refractivity (Wildman–Crippen MR) is 63.5 cm³/mol. The van der Waals surface area contributed by atoms with Crippen LogP contribution < -0.4 is 0 Å². The molecular weight excluding hydrogens is 233 g/mol. The number of amides is 1. The molecule has 0 aliphatic rings. The van der Waals surface area contributed by atoms with Crippen molar-refractivity contribution in [2.45, 2.75) is 13.3 Å². The zero-order chi connectivity index (χ0) is 11.4. The minimum atomic E-state index is 0.0208. The first-order valence-corrected chi connectivity index (χ1v) is 5.48. The zero-order valence-corrected chi connectivity index (χ0v) is 10.3. The second-order valence-corrected chi connectivity index (χ2v) is 4.10. The molecule has 1 rings (SSSR count). The van der Waals surface area contributed by atoms with Gasteiger partial charge < -0.3 is 4.90 Å². The van der Waals surface area contributed by atoms with E-state index in [1.165, 1.54) is 0 Å². The fourth-order valence-corrected chi connectivity index (χ4v) is 1.69. The third-order valence-corrected chi connectivity index (χ3v) is 3.00. The van der Waals surface area contributed by atoms with Gasteiger partial charge in [0.15, 0.2) is 0 Å². The Hall–Kier alpha value is -0.730. The minimum Gasteiger partial charge on any atom is -0.346 e. The van der Waals surface area contributed by atoms with Crippen LogP contribution in [0.25, 0.3) is 0 Å². The van der Waals surface area contributed by atoms with Gasteiger partial charge in [-0.1, -0.05) is 29.3 Å². The highest BCUT2D eigenvalue weighted by Crippen LogP contribution is 2.24. The molecule has 0 fully saturated rings. The topological polar surface area (TPSA) is 20.3 Å². The molecule has 0 saturated carbocycles. The van der Waals surface area contributed by atoms with Crippen molar-refractivity contribution in [3.63, 3.8) is 0 Å². The molecule has 0 heterocycles. The largest absolute Gasteiger partial charge is 0.346 e. The van der Waals surface area contributed by atoms with E-state index in [-0.39, 0.29) is 12.3 Å². The van der Waals surface area contributed by atoms with Crippen molar-refractivity contribution >= 4 is 29.1 Å². The molecule has 1 aromatic rings. The lowest BCUT2D eigenvalue weighted by molar-refractivity contribution is -0.128. The highest BCUT2D eigenvalue weighted by Gasteiger charge is 2.12. The number of rotatable bonds is 3. The van der Waals surface area contributed by atoms with Crippen molar-refractivity contribution in [3.8, 4) is 0 Å². The summed E-state index contributed by atoms with van der Waals surface area (Å²) >= 11 is 11.9. The quantitative estimate of drug-likeness (QED) is 0.802. The molecular formula is C11H13Cl2NO. The summed E-state index contributed by atoms with van der Waals surface area (Å²) in [5.41, 5.74) is 0.700. The maximum Gasteiger partial charge on any atom is 0.226 e. The van der Waals surface area contributed by atoms with E-state index in [1.807, 2.05) is 6.92 Å². The maximum atomic E-state index is 11.7. The van der Waals surface area contributed by atoms with Crippen molar-refractivity contribution < 1.29 is 4.79 Å². The smallest absolute Gasteiger partial charge is 0.226 e. The van der Waals surface area contributed by atoms with Crippen LogP contribution in [0, 0.1) is 0 Å². The van der Waals surface area contributed by atoms with Gasteiger partial charge in [-0.05, 0) is 24.6 Å². The number of carbonyl (C=O) groups excluding carboxylic acids is 1. The molecule has 0 unspecified atom stereocenters. The summed E-state index contributed by atoms with van der Waals surface area (Å²) in [6.45, 7) is 2.60. The Morgan fingerprint density at radius 2 is 1.87 bits per heavy atom. The van der Waals surface area contributed by atoms with Gasteiger partial charge in [-0.2, -0.15) is 0 Å². The second-order valence-electron chi connectivity index (χ2n) is 3.28. The summed E-state index contributed by atoms with van der Waals surface area (Å²) in [5.74, 6) is 0.0208. The van der Waals surface area contributed by atoms with Gasteiger partial charge in [-0.15, -0.1) is 0 Å². The lowest BCUT2D eigenvalue weighted by Gasteiger charge is -2.15. The summed E-state index contributed by atoms with van der Waals surface area (Å²) in [5, 5.41) is 1.08. The van der Waals surface area contributed by atoms with Gasteiger partial charge in [-0.3, -0.25) is 4.79 Å². The van der Waals surface area contributed by atoms with Crippen LogP contribution in [-0.2, 0) is 11.2 Å². The molecule has 0 saturated heterocycles. The summed E-state index contributed by atoms with van der Waals surface area (Å²) < 4.78 is 0. The van der Waals surface area contributed by atoms with Gasteiger partial charge in [0.1, 0.15) is 0 Å². The highest BCUT2D eigenvalue weighted by atomic mass is 35.5. The number of benzene rings is 1. The van der Waals surface area contributed by atoms with E-state index in [4.69, 9.17) is 23.2 Å². The Balaban J connectivity index is 2.85. The Kier molecular flexibility index (Phi) is 4.43. The van der Waals surface area contributed by atoms with Crippen molar-refractivity contribution in [2.24, 2.45) is 0 Å². The number of likely N-dealkylation sites (N-methyl/N-ethyl adjacent to an activating group) is 1. The monoisotopic (exact) mass is 245 g/mol. The standard InChI is InChI=1S/C11H13Cl2NO/c1-3-14(2)11(15)7-8-9(12)5-4-6-10(8)13/h4-6H,3,7H2,1-2H3. The zero-order valence-electron chi connectivity index (χ0n) is 8.76. The molecule has 0 N–H and O–H groups in total. The summed E-state index contributed by atoms with van der Waals surface area (Å²) in [4.78, 5) is 13.3. The number of carbonyl (C=O) groups is 1. The Morgan fingerprint density at radius 1 is 1.33 bits per heavy atom. The first-order chi connectivity index (χ1) is 7.06. The molecule has 0 aromatic heterocycles. The van der Waals surface area contributed by atoms with E-state index < -0.39 is 0 Å². The van der Waals surface area contributed by atoms with Gasteiger partial charge in [-0.25, -0.2) is 0 Å². The van der Waals surface area contributed by atoms with Gasteiger partial charge in [0.05, 0.1) is 6.42 Å². The van der Waals surface area contributed by atoms with Crippen LogP contribution in [0.5, 0.6) is 0 Å². The van der Waals surface area contributed by atoms with Crippen molar-refractivity contribution in [3.05, 3.63) is 33.8 Å². The number of hydrogen-bond donors (Lipinski definition) is 0. The minimum absolute atomic E-state index is 0.0208. The Labute approximate surface area is 99.8 Å². The highest BCUT2D eigenvalue weighted by molar-refractivity contribution is 6.36.